The molecular formula is C14H31NO. The van der Waals surface area contributed by atoms with Gasteiger partial charge in [-0.3, -0.25) is 4.79 Å². The van der Waals surface area contributed by atoms with Crippen molar-refractivity contribution in [3.8, 4) is 0 Å². The maximum atomic E-state index is 11.9. The minimum atomic E-state index is -0.281. The summed E-state index contributed by atoms with van der Waals surface area (Å²) in [7, 11) is 0. The van der Waals surface area contributed by atoms with Crippen molar-refractivity contribution >= 4 is 5.78 Å². The van der Waals surface area contributed by atoms with Crippen LogP contribution in [0.5, 0.6) is 0 Å². The summed E-state index contributed by atoms with van der Waals surface area (Å²) in [4.78, 5) is 11.9. The number of rotatable bonds is 2. The van der Waals surface area contributed by atoms with Crippen molar-refractivity contribution in [2.75, 3.05) is 0 Å². The molecule has 1 aliphatic carbocycles. The molecule has 1 saturated carbocycles. The third kappa shape index (κ3) is 4.65. The molecule has 0 amide bonds. The highest BCUT2D eigenvalue weighted by molar-refractivity contribution is 5.88. The van der Waals surface area contributed by atoms with Crippen molar-refractivity contribution in [1.29, 1.82) is 0 Å². The van der Waals surface area contributed by atoms with Gasteiger partial charge in [0.2, 0.25) is 0 Å². The second-order valence-electron chi connectivity index (χ2n) is 5.54. The van der Waals surface area contributed by atoms with Crippen LogP contribution in [0.15, 0.2) is 0 Å². The van der Waals surface area contributed by atoms with Gasteiger partial charge in [0.15, 0.2) is 5.78 Å². The van der Waals surface area contributed by atoms with E-state index in [-0.39, 0.29) is 18.7 Å². The fourth-order valence-corrected chi connectivity index (χ4v) is 2.21. The fraction of sp³-hybridized carbons (Fsp3) is 0.929. The predicted octanol–water partition coefficient (Wildman–Crippen LogP) is 3.78. The zero-order chi connectivity index (χ0) is 12.8. The average molecular weight is 229 g/mol. The number of hydrogen-bond acceptors (Lipinski definition) is 2. The van der Waals surface area contributed by atoms with Crippen LogP contribution in [0.2, 0.25) is 0 Å². The van der Waals surface area contributed by atoms with Gasteiger partial charge in [-0.05, 0) is 18.8 Å². The number of Topliss-reactive ketones (excluding diaryl/α,β-unsaturated/α-hetero) is 1. The highest BCUT2D eigenvalue weighted by Crippen LogP contribution is 2.29. The van der Waals surface area contributed by atoms with Gasteiger partial charge in [-0.15, -0.1) is 0 Å². The number of carbonyl (C=O) groups excluding carboxylic acids is 1. The highest BCUT2D eigenvalue weighted by Gasteiger charge is 2.32. The lowest BCUT2D eigenvalue weighted by Crippen LogP contribution is -2.44. The van der Waals surface area contributed by atoms with Crippen LogP contribution in [0.25, 0.3) is 0 Å². The molecule has 0 bridgehead atoms. The van der Waals surface area contributed by atoms with E-state index in [1.54, 1.807) is 0 Å². The van der Waals surface area contributed by atoms with E-state index in [0.29, 0.717) is 5.92 Å². The van der Waals surface area contributed by atoms with Crippen molar-refractivity contribution in [1.82, 2.24) is 0 Å². The number of ketones is 1. The molecule has 1 aliphatic rings. The Labute approximate surface area is 102 Å². The fourth-order valence-electron chi connectivity index (χ4n) is 2.21. The number of hydrogen-bond donors (Lipinski definition) is 1. The minimum Gasteiger partial charge on any atom is -0.321 e. The first-order valence-electron chi connectivity index (χ1n) is 6.73. The normalized spacial score (nSPS) is 19.6. The van der Waals surface area contributed by atoms with E-state index < -0.39 is 0 Å². The Hall–Kier alpha value is -0.370. The van der Waals surface area contributed by atoms with Crippen LogP contribution >= 0.6 is 0 Å². The summed E-state index contributed by atoms with van der Waals surface area (Å²) in [5, 5.41) is 0. The summed E-state index contributed by atoms with van der Waals surface area (Å²) in [6, 6.07) is -0.227. The molecule has 0 aromatic heterocycles. The molecule has 98 valence electrons. The van der Waals surface area contributed by atoms with E-state index in [1.807, 2.05) is 34.6 Å². The van der Waals surface area contributed by atoms with Gasteiger partial charge >= 0.3 is 0 Å². The van der Waals surface area contributed by atoms with Gasteiger partial charge in [0, 0.05) is 6.84 Å². The first-order valence-corrected chi connectivity index (χ1v) is 6.73. The minimum absolute atomic E-state index is 0. The van der Waals surface area contributed by atoms with E-state index in [0.717, 1.165) is 12.8 Å². The first kappa shape index (κ1) is 15.6. The average Bonchev–Trinajstić information content (AvgIpc) is 2.30. The Morgan fingerprint density at radius 3 is 2.00 bits per heavy atom. The zero-order valence-electron chi connectivity index (χ0n) is 11.7. The highest BCUT2D eigenvalue weighted by atomic mass is 16.1. The summed E-state index contributed by atoms with van der Waals surface area (Å²) in [6.07, 6.45) is 6.09. The predicted molar refractivity (Wildman–Crippen MR) is 72.5 cm³/mol. The molecule has 0 heterocycles. The van der Waals surface area contributed by atoms with Crippen molar-refractivity contribution in [3.63, 3.8) is 0 Å². The van der Waals surface area contributed by atoms with E-state index >= 15 is 0 Å². The lowest BCUT2D eigenvalue weighted by molar-refractivity contribution is -0.129. The summed E-state index contributed by atoms with van der Waals surface area (Å²) in [6.45, 7) is 9.87. The molecule has 16 heavy (non-hydrogen) atoms. The van der Waals surface area contributed by atoms with Gasteiger partial charge in [0.25, 0.3) is 0 Å². The molecule has 0 spiro atoms. The van der Waals surface area contributed by atoms with Crippen LogP contribution in [0.4, 0.5) is 0 Å². The number of nitrogens with two attached hydrogens (primary N) is 1. The lowest BCUT2D eigenvalue weighted by Gasteiger charge is -2.30. The maximum Gasteiger partial charge on any atom is 0.155 e. The molecule has 1 atom stereocenters. The van der Waals surface area contributed by atoms with Crippen molar-refractivity contribution < 1.29 is 6.22 Å². The van der Waals surface area contributed by atoms with E-state index in [2.05, 4.69) is 0 Å². The van der Waals surface area contributed by atoms with E-state index in [9.17, 15) is 4.79 Å². The van der Waals surface area contributed by atoms with Crippen LogP contribution < -0.4 is 5.73 Å². The molecule has 2 nitrogen and oxygen atoms in total. The van der Waals surface area contributed by atoms with Crippen LogP contribution in [-0.2, 0) is 4.79 Å². The smallest absolute Gasteiger partial charge is 0.155 e. The second kappa shape index (κ2) is 7.05. The maximum absolute atomic E-state index is 11.9. The monoisotopic (exact) mass is 229 g/mol. The summed E-state index contributed by atoms with van der Waals surface area (Å²) < 4.78 is 0. The van der Waals surface area contributed by atoms with E-state index in [1.165, 1.54) is 19.3 Å². The molecule has 0 radical (unpaired) electrons. The SMILES string of the molecule is CC.CC(C)(C)C(=O)[C@@H](N)C1CCCCC1.[HH]. The Morgan fingerprint density at radius 2 is 1.62 bits per heavy atom. The Morgan fingerprint density at radius 1 is 1.19 bits per heavy atom. The molecule has 0 aromatic carbocycles. The molecule has 0 unspecified atom stereocenters. The van der Waals surface area contributed by atoms with Gasteiger partial charge in [0.05, 0.1) is 6.04 Å². The standard InChI is InChI=1S/C12H23NO.C2H6.H2/c1-12(2,3)11(14)10(13)9-7-5-4-6-8-9;1-2;/h9-10H,4-8,13H2,1-3H3;1-2H3;1H/t10-;;/m0../s1. The Kier molecular flexibility index (Phi) is 6.89. The molecule has 2 N–H and O–H groups in total. The van der Waals surface area contributed by atoms with Crippen LogP contribution in [0, 0.1) is 11.3 Å². The van der Waals surface area contributed by atoms with Gasteiger partial charge < -0.3 is 5.73 Å². The molecule has 0 saturated heterocycles. The van der Waals surface area contributed by atoms with Gasteiger partial charge in [-0.1, -0.05) is 53.9 Å². The molecule has 2 heteroatoms. The zero-order valence-corrected chi connectivity index (χ0v) is 11.7. The molecule has 0 aliphatic heterocycles. The quantitative estimate of drug-likeness (QED) is 0.783. The van der Waals surface area contributed by atoms with Gasteiger partial charge in [-0.25, -0.2) is 0 Å². The van der Waals surface area contributed by atoms with E-state index in [4.69, 9.17) is 5.73 Å². The first-order chi connectivity index (χ1) is 7.43. The van der Waals surface area contributed by atoms with Crippen LogP contribution in [-0.4, -0.2) is 11.8 Å². The summed E-state index contributed by atoms with van der Waals surface area (Å²) in [5.74, 6) is 0.667. The largest absolute Gasteiger partial charge is 0.321 e. The molecule has 0 aromatic rings. The third-order valence-corrected chi connectivity index (χ3v) is 3.20. The van der Waals surface area contributed by atoms with Crippen molar-refractivity contribution in [2.24, 2.45) is 17.1 Å². The molecule has 1 fully saturated rings. The van der Waals surface area contributed by atoms with Crippen LogP contribution in [0.1, 0.15) is 68.1 Å². The Bertz CT molecular complexity index is 205. The Balaban J connectivity index is 0. The number of carbonyl (C=O) groups is 1. The van der Waals surface area contributed by atoms with Crippen molar-refractivity contribution in [2.45, 2.75) is 72.8 Å². The lowest BCUT2D eigenvalue weighted by atomic mass is 9.76. The molecular weight excluding hydrogens is 198 g/mol. The summed E-state index contributed by atoms with van der Waals surface area (Å²) >= 11 is 0. The van der Waals surface area contributed by atoms with Crippen LogP contribution in [0.3, 0.4) is 0 Å². The van der Waals surface area contributed by atoms with Crippen molar-refractivity contribution in [3.05, 3.63) is 0 Å². The second-order valence-corrected chi connectivity index (χ2v) is 5.54. The molecule has 1 rings (SSSR count). The third-order valence-electron chi connectivity index (χ3n) is 3.20. The van der Waals surface area contributed by atoms with Gasteiger partial charge in [0.1, 0.15) is 0 Å². The van der Waals surface area contributed by atoms with Gasteiger partial charge in [-0.2, -0.15) is 0 Å². The summed E-state index contributed by atoms with van der Waals surface area (Å²) in [5.41, 5.74) is 5.75. The topological polar surface area (TPSA) is 43.1 Å².